The van der Waals surface area contributed by atoms with Gasteiger partial charge in [0.05, 0.1) is 6.54 Å². The fraction of sp³-hybridized carbons (Fsp3) is 0.429. The second-order valence-electron chi connectivity index (χ2n) is 7.30. The molecule has 0 aliphatic heterocycles. The number of hydrogen-bond donors (Lipinski definition) is 2. The first-order chi connectivity index (χ1) is 12.7. The molecule has 0 bridgehead atoms. The number of carbonyl (C=O) groups excluding carboxylic acids is 2. The van der Waals surface area contributed by atoms with Gasteiger partial charge in [-0.1, -0.05) is 19.9 Å². The first kappa shape index (κ1) is 21.1. The Morgan fingerprint density at radius 2 is 1.85 bits per heavy atom. The first-order valence-corrected chi connectivity index (χ1v) is 9.92. The SMILES string of the molecule is Cc1cc(C(NCC(=O)Nc2cccc(C(=O)N(C)C)c2)C(C)C)c(C)s1. The van der Waals surface area contributed by atoms with Gasteiger partial charge in [-0.15, -0.1) is 11.3 Å². The second kappa shape index (κ2) is 9.15. The summed E-state index contributed by atoms with van der Waals surface area (Å²) in [7, 11) is 3.41. The summed E-state index contributed by atoms with van der Waals surface area (Å²) in [6.07, 6.45) is 0. The molecule has 0 spiro atoms. The van der Waals surface area contributed by atoms with E-state index in [1.807, 2.05) is 0 Å². The average molecular weight is 388 g/mol. The number of nitrogens with zero attached hydrogens (tertiary/aromatic N) is 1. The zero-order chi connectivity index (χ0) is 20.1. The van der Waals surface area contributed by atoms with E-state index in [1.54, 1.807) is 49.7 Å². The molecule has 0 fully saturated rings. The van der Waals surface area contributed by atoms with Crippen LogP contribution in [0.2, 0.25) is 0 Å². The number of benzene rings is 1. The highest BCUT2D eigenvalue weighted by atomic mass is 32.1. The predicted molar refractivity (Wildman–Crippen MR) is 112 cm³/mol. The lowest BCUT2D eigenvalue weighted by Gasteiger charge is -2.22. The summed E-state index contributed by atoms with van der Waals surface area (Å²) in [5.41, 5.74) is 2.44. The molecule has 5 nitrogen and oxygen atoms in total. The molecule has 1 aromatic carbocycles. The molecule has 1 heterocycles. The largest absolute Gasteiger partial charge is 0.345 e. The van der Waals surface area contributed by atoms with Crippen molar-refractivity contribution in [3.05, 3.63) is 51.2 Å². The zero-order valence-corrected chi connectivity index (χ0v) is 17.7. The normalized spacial score (nSPS) is 12.1. The van der Waals surface area contributed by atoms with Crippen LogP contribution < -0.4 is 10.6 Å². The Kier molecular flexibility index (Phi) is 7.16. The maximum Gasteiger partial charge on any atom is 0.253 e. The lowest BCUT2D eigenvalue weighted by Crippen LogP contribution is -2.33. The molecule has 1 aromatic heterocycles. The van der Waals surface area contributed by atoms with Crippen molar-refractivity contribution in [2.75, 3.05) is 26.0 Å². The quantitative estimate of drug-likeness (QED) is 0.755. The standard InChI is InChI=1S/C21H29N3O2S/c1-13(2)20(18-10-14(3)27-15(18)4)22-12-19(25)23-17-9-7-8-16(11-17)21(26)24(5)6/h7-11,13,20,22H,12H2,1-6H3,(H,23,25). The Morgan fingerprint density at radius 1 is 1.15 bits per heavy atom. The van der Waals surface area contributed by atoms with E-state index in [0.29, 0.717) is 17.2 Å². The maximum atomic E-state index is 12.4. The molecular weight excluding hydrogens is 358 g/mol. The zero-order valence-electron chi connectivity index (χ0n) is 16.9. The molecule has 2 N–H and O–H groups in total. The Morgan fingerprint density at radius 3 is 2.41 bits per heavy atom. The van der Waals surface area contributed by atoms with Crippen molar-refractivity contribution in [2.45, 2.75) is 33.7 Å². The summed E-state index contributed by atoms with van der Waals surface area (Å²) in [4.78, 5) is 28.6. The van der Waals surface area contributed by atoms with Crippen molar-refractivity contribution in [2.24, 2.45) is 5.92 Å². The van der Waals surface area contributed by atoms with Crippen LogP contribution in [0.3, 0.4) is 0 Å². The van der Waals surface area contributed by atoms with E-state index < -0.39 is 0 Å². The van der Waals surface area contributed by atoms with Gasteiger partial charge < -0.3 is 15.5 Å². The van der Waals surface area contributed by atoms with E-state index in [1.165, 1.54) is 20.2 Å². The minimum absolute atomic E-state index is 0.0904. The third-order valence-corrected chi connectivity index (χ3v) is 5.34. The van der Waals surface area contributed by atoms with Crippen LogP contribution >= 0.6 is 11.3 Å². The van der Waals surface area contributed by atoms with Crippen molar-refractivity contribution in [3.63, 3.8) is 0 Å². The molecule has 0 radical (unpaired) electrons. The summed E-state index contributed by atoms with van der Waals surface area (Å²) in [6, 6.07) is 9.33. The van der Waals surface area contributed by atoms with Gasteiger partial charge in [0.15, 0.2) is 0 Å². The molecule has 2 amide bonds. The van der Waals surface area contributed by atoms with Gasteiger partial charge in [0.1, 0.15) is 0 Å². The van der Waals surface area contributed by atoms with Crippen LogP contribution in [0.25, 0.3) is 0 Å². The Balaban J connectivity index is 2.02. The van der Waals surface area contributed by atoms with E-state index in [-0.39, 0.29) is 24.4 Å². The molecule has 146 valence electrons. The molecule has 27 heavy (non-hydrogen) atoms. The van der Waals surface area contributed by atoms with Crippen LogP contribution in [0.15, 0.2) is 30.3 Å². The van der Waals surface area contributed by atoms with Crippen LogP contribution in [0.1, 0.15) is 45.6 Å². The van der Waals surface area contributed by atoms with Gasteiger partial charge in [-0.3, -0.25) is 9.59 Å². The topological polar surface area (TPSA) is 61.4 Å². The molecule has 1 unspecified atom stereocenters. The van der Waals surface area contributed by atoms with Gasteiger partial charge in [-0.05, 0) is 49.6 Å². The third-order valence-electron chi connectivity index (χ3n) is 4.36. The number of nitrogens with one attached hydrogen (secondary N) is 2. The molecule has 6 heteroatoms. The van der Waals surface area contributed by atoms with Crippen LogP contribution in [0.4, 0.5) is 5.69 Å². The highest BCUT2D eigenvalue weighted by Crippen LogP contribution is 2.30. The summed E-state index contributed by atoms with van der Waals surface area (Å²) in [6.45, 7) is 8.74. The lowest BCUT2D eigenvalue weighted by atomic mass is 9.96. The molecule has 2 aromatic rings. The van der Waals surface area contributed by atoms with Crippen LogP contribution in [0, 0.1) is 19.8 Å². The lowest BCUT2D eigenvalue weighted by molar-refractivity contribution is -0.115. The monoisotopic (exact) mass is 387 g/mol. The van der Waals surface area contributed by atoms with Crippen molar-refractivity contribution >= 4 is 28.8 Å². The molecule has 0 aliphatic carbocycles. The van der Waals surface area contributed by atoms with E-state index in [9.17, 15) is 9.59 Å². The van der Waals surface area contributed by atoms with Crippen molar-refractivity contribution in [3.8, 4) is 0 Å². The fourth-order valence-electron chi connectivity index (χ4n) is 3.06. The predicted octanol–water partition coefficient (Wildman–Crippen LogP) is 3.99. The summed E-state index contributed by atoms with van der Waals surface area (Å²) in [5.74, 6) is 0.152. The number of amides is 2. The van der Waals surface area contributed by atoms with Crippen molar-refractivity contribution in [1.82, 2.24) is 10.2 Å². The molecule has 0 saturated carbocycles. The number of aryl methyl sites for hydroxylation is 2. The number of thiophene rings is 1. The Hall–Kier alpha value is -2.18. The maximum absolute atomic E-state index is 12.4. The first-order valence-electron chi connectivity index (χ1n) is 9.11. The van der Waals surface area contributed by atoms with Gasteiger partial charge >= 0.3 is 0 Å². The van der Waals surface area contributed by atoms with Crippen LogP contribution in [0.5, 0.6) is 0 Å². The second-order valence-corrected chi connectivity index (χ2v) is 8.76. The van der Waals surface area contributed by atoms with Crippen molar-refractivity contribution < 1.29 is 9.59 Å². The Labute approximate surface area is 165 Å². The van der Waals surface area contributed by atoms with Crippen molar-refractivity contribution in [1.29, 1.82) is 0 Å². The molecular formula is C21H29N3O2S. The van der Waals surface area contributed by atoms with Crippen LogP contribution in [-0.2, 0) is 4.79 Å². The highest BCUT2D eigenvalue weighted by molar-refractivity contribution is 7.12. The highest BCUT2D eigenvalue weighted by Gasteiger charge is 2.20. The fourth-order valence-corrected chi connectivity index (χ4v) is 4.03. The van der Waals surface area contributed by atoms with Gasteiger partial charge in [0, 0.05) is 41.1 Å². The number of hydrogen-bond acceptors (Lipinski definition) is 4. The minimum atomic E-state index is -0.125. The molecule has 0 saturated heterocycles. The molecule has 0 aliphatic rings. The summed E-state index contributed by atoms with van der Waals surface area (Å²) < 4.78 is 0. The summed E-state index contributed by atoms with van der Waals surface area (Å²) in [5, 5.41) is 6.26. The van der Waals surface area contributed by atoms with Gasteiger partial charge in [-0.2, -0.15) is 0 Å². The van der Waals surface area contributed by atoms with E-state index in [2.05, 4.69) is 44.4 Å². The minimum Gasteiger partial charge on any atom is -0.345 e. The number of anilines is 1. The van der Waals surface area contributed by atoms with E-state index in [0.717, 1.165) is 0 Å². The molecule has 2 rings (SSSR count). The number of carbonyl (C=O) groups is 2. The Bertz CT molecular complexity index is 812. The summed E-state index contributed by atoms with van der Waals surface area (Å²) >= 11 is 1.78. The van der Waals surface area contributed by atoms with E-state index in [4.69, 9.17) is 0 Å². The van der Waals surface area contributed by atoms with Gasteiger partial charge in [0.2, 0.25) is 5.91 Å². The van der Waals surface area contributed by atoms with Gasteiger partial charge in [-0.25, -0.2) is 0 Å². The van der Waals surface area contributed by atoms with Crippen LogP contribution in [-0.4, -0.2) is 37.4 Å². The number of rotatable bonds is 7. The smallest absolute Gasteiger partial charge is 0.253 e. The molecule has 1 atom stereocenters. The average Bonchev–Trinajstić information content (AvgIpc) is 2.92. The third kappa shape index (κ3) is 5.65. The van der Waals surface area contributed by atoms with E-state index >= 15 is 0 Å². The van der Waals surface area contributed by atoms with Gasteiger partial charge in [0.25, 0.3) is 5.91 Å².